The van der Waals surface area contributed by atoms with Gasteiger partial charge in [-0.15, -0.1) is 0 Å². The van der Waals surface area contributed by atoms with E-state index in [1.807, 2.05) is 25.1 Å². The Labute approximate surface area is 124 Å². The third-order valence-corrected chi connectivity index (χ3v) is 4.11. The van der Waals surface area contributed by atoms with E-state index in [9.17, 15) is 9.90 Å². The van der Waals surface area contributed by atoms with Crippen molar-refractivity contribution >= 4 is 16.9 Å². The highest BCUT2D eigenvalue weighted by molar-refractivity contribution is 5.85. The molecule has 0 bridgehead atoms. The minimum absolute atomic E-state index is 0.0154. The van der Waals surface area contributed by atoms with Gasteiger partial charge in [-0.1, -0.05) is 25.1 Å². The molecule has 1 atom stereocenters. The lowest BCUT2D eigenvalue weighted by atomic mass is 9.97. The van der Waals surface area contributed by atoms with Crippen LogP contribution in [-0.4, -0.2) is 40.2 Å². The lowest BCUT2D eigenvalue weighted by Gasteiger charge is -2.34. The highest BCUT2D eigenvalue weighted by Crippen LogP contribution is 2.30. The second-order valence-electron chi connectivity index (χ2n) is 5.53. The molecule has 1 aliphatic heterocycles. The lowest BCUT2D eigenvalue weighted by molar-refractivity contribution is 0.120. The number of benzene rings is 1. The van der Waals surface area contributed by atoms with Crippen molar-refractivity contribution in [3.63, 3.8) is 0 Å². The first-order valence-corrected chi connectivity index (χ1v) is 7.48. The zero-order chi connectivity index (χ0) is 14.8. The van der Waals surface area contributed by atoms with Crippen molar-refractivity contribution in [2.24, 2.45) is 0 Å². The van der Waals surface area contributed by atoms with Gasteiger partial charge in [0.25, 0.3) is 0 Å². The van der Waals surface area contributed by atoms with Crippen molar-refractivity contribution in [2.75, 3.05) is 13.2 Å². The number of aliphatic hydroxyl groups excluding tert-OH is 1. The van der Waals surface area contributed by atoms with Crippen molar-refractivity contribution < 1.29 is 9.90 Å². The Morgan fingerprint density at radius 2 is 2.29 bits per heavy atom. The number of aromatic nitrogens is 1. The number of amides is 2. The Kier molecular flexibility index (Phi) is 3.84. The summed E-state index contributed by atoms with van der Waals surface area (Å²) in [5.41, 5.74) is 3.40. The molecule has 0 aliphatic carbocycles. The van der Waals surface area contributed by atoms with Crippen LogP contribution in [0.15, 0.2) is 24.3 Å². The summed E-state index contributed by atoms with van der Waals surface area (Å²) in [6, 6.07) is 7.90. The van der Waals surface area contributed by atoms with Crippen molar-refractivity contribution in [1.82, 2.24) is 15.2 Å². The maximum atomic E-state index is 12.2. The zero-order valence-electron chi connectivity index (χ0n) is 12.2. The van der Waals surface area contributed by atoms with Crippen molar-refractivity contribution in [3.8, 4) is 0 Å². The molecule has 3 N–H and O–H groups in total. The van der Waals surface area contributed by atoms with E-state index in [0.717, 1.165) is 17.6 Å². The van der Waals surface area contributed by atoms with Crippen LogP contribution in [0.5, 0.6) is 0 Å². The minimum atomic E-state index is -0.159. The van der Waals surface area contributed by atoms with Gasteiger partial charge in [0, 0.05) is 23.1 Å². The Morgan fingerprint density at radius 3 is 3.05 bits per heavy atom. The van der Waals surface area contributed by atoms with Crippen molar-refractivity contribution in [3.05, 3.63) is 35.5 Å². The fraction of sp³-hybridized carbons (Fsp3) is 0.438. The Morgan fingerprint density at radius 1 is 1.48 bits per heavy atom. The molecule has 5 nitrogen and oxygen atoms in total. The van der Waals surface area contributed by atoms with Gasteiger partial charge in [-0.05, 0) is 24.5 Å². The van der Waals surface area contributed by atoms with E-state index >= 15 is 0 Å². The van der Waals surface area contributed by atoms with Gasteiger partial charge in [0.2, 0.25) is 0 Å². The third kappa shape index (κ3) is 2.49. The molecule has 1 aliphatic rings. The number of rotatable bonds is 3. The molecule has 1 aromatic heterocycles. The fourth-order valence-electron chi connectivity index (χ4n) is 3.00. The van der Waals surface area contributed by atoms with Crippen LogP contribution in [0.3, 0.4) is 0 Å². The number of H-pyrrole nitrogens is 1. The lowest BCUT2D eigenvalue weighted by Crippen LogP contribution is -2.50. The molecule has 1 unspecified atom stereocenters. The quantitative estimate of drug-likeness (QED) is 0.808. The highest BCUT2D eigenvalue weighted by atomic mass is 16.3. The SMILES string of the molecule is CCCNC(=O)N1Cc2[nH]c3ccccc3c2CC1CO. The molecule has 1 aromatic carbocycles. The normalized spacial score (nSPS) is 17.8. The van der Waals surface area contributed by atoms with Crippen LogP contribution in [0.4, 0.5) is 4.79 Å². The average molecular weight is 287 g/mol. The van der Waals surface area contributed by atoms with Crippen LogP contribution in [0, 0.1) is 0 Å². The van der Waals surface area contributed by atoms with Crippen LogP contribution in [0.25, 0.3) is 10.9 Å². The van der Waals surface area contributed by atoms with E-state index in [0.29, 0.717) is 19.5 Å². The van der Waals surface area contributed by atoms with Crippen molar-refractivity contribution in [2.45, 2.75) is 32.4 Å². The number of nitrogens with one attached hydrogen (secondary N) is 2. The van der Waals surface area contributed by atoms with Gasteiger partial charge in [-0.25, -0.2) is 4.79 Å². The number of para-hydroxylation sites is 1. The predicted molar refractivity (Wildman–Crippen MR) is 82.1 cm³/mol. The monoisotopic (exact) mass is 287 g/mol. The molecular weight excluding hydrogens is 266 g/mol. The summed E-state index contributed by atoms with van der Waals surface area (Å²) in [6.07, 6.45) is 1.59. The van der Waals surface area contributed by atoms with Crippen LogP contribution in [0.1, 0.15) is 24.6 Å². The van der Waals surface area contributed by atoms with Crippen LogP contribution < -0.4 is 5.32 Å². The van der Waals surface area contributed by atoms with Gasteiger partial charge in [-0.2, -0.15) is 0 Å². The molecule has 3 rings (SSSR count). The predicted octanol–water partition coefficient (Wildman–Crippen LogP) is 2.01. The molecule has 21 heavy (non-hydrogen) atoms. The van der Waals surface area contributed by atoms with E-state index in [4.69, 9.17) is 0 Å². The number of hydrogen-bond donors (Lipinski definition) is 3. The molecule has 112 valence electrons. The molecule has 2 amide bonds. The number of hydrogen-bond acceptors (Lipinski definition) is 2. The Hall–Kier alpha value is -2.01. The second-order valence-corrected chi connectivity index (χ2v) is 5.53. The van der Waals surface area contributed by atoms with Crippen LogP contribution in [0.2, 0.25) is 0 Å². The summed E-state index contributed by atoms with van der Waals surface area (Å²) in [7, 11) is 0. The first kappa shape index (κ1) is 13.9. The van der Waals surface area contributed by atoms with Gasteiger partial charge in [0.1, 0.15) is 0 Å². The van der Waals surface area contributed by atoms with Gasteiger partial charge in [-0.3, -0.25) is 0 Å². The molecule has 5 heteroatoms. The maximum Gasteiger partial charge on any atom is 0.318 e. The van der Waals surface area contributed by atoms with Gasteiger partial charge in [0.05, 0.1) is 19.2 Å². The van der Waals surface area contributed by atoms with Crippen LogP contribution in [-0.2, 0) is 13.0 Å². The molecule has 2 heterocycles. The van der Waals surface area contributed by atoms with Crippen LogP contribution >= 0.6 is 0 Å². The highest BCUT2D eigenvalue weighted by Gasteiger charge is 2.31. The van der Waals surface area contributed by atoms with Gasteiger partial charge in [0.15, 0.2) is 0 Å². The summed E-state index contributed by atoms with van der Waals surface area (Å²) in [6.45, 7) is 3.19. The molecular formula is C16H21N3O2. The number of carbonyl (C=O) groups excluding carboxylic acids is 1. The number of fused-ring (bicyclic) bond motifs is 3. The number of carbonyl (C=O) groups is 1. The smallest absolute Gasteiger partial charge is 0.318 e. The number of urea groups is 1. The Balaban J connectivity index is 1.91. The van der Waals surface area contributed by atoms with Gasteiger partial charge >= 0.3 is 6.03 Å². The second kappa shape index (κ2) is 5.77. The molecule has 0 saturated heterocycles. The van der Waals surface area contributed by atoms with Gasteiger partial charge < -0.3 is 20.3 Å². The molecule has 2 aromatic rings. The maximum absolute atomic E-state index is 12.2. The minimum Gasteiger partial charge on any atom is -0.394 e. The summed E-state index contributed by atoms with van der Waals surface area (Å²) < 4.78 is 0. The van der Waals surface area contributed by atoms with E-state index in [-0.39, 0.29) is 18.7 Å². The number of aromatic amines is 1. The van der Waals surface area contributed by atoms with E-state index in [1.165, 1.54) is 10.9 Å². The van der Waals surface area contributed by atoms with E-state index in [1.54, 1.807) is 4.90 Å². The molecule has 0 saturated carbocycles. The number of nitrogens with zero attached hydrogens (tertiary/aromatic N) is 1. The molecule has 0 radical (unpaired) electrons. The fourth-order valence-corrected chi connectivity index (χ4v) is 3.00. The standard InChI is InChI=1S/C16H21N3O2/c1-2-7-17-16(21)19-9-15-13(8-11(19)10-20)12-5-3-4-6-14(12)18-15/h3-6,11,18,20H,2,7-10H2,1H3,(H,17,21). The average Bonchev–Trinajstić information content (AvgIpc) is 2.88. The first-order chi connectivity index (χ1) is 10.2. The first-order valence-electron chi connectivity index (χ1n) is 7.48. The summed E-state index contributed by atoms with van der Waals surface area (Å²) >= 11 is 0. The largest absolute Gasteiger partial charge is 0.394 e. The topological polar surface area (TPSA) is 68.4 Å². The van der Waals surface area contributed by atoms with E-state index < -0.39 is 0 Å². The molecule has 0 spiro atoms. The summed E-state index contributed by atoms with van der Waals surface area (Å²) in [5, 5.41) is 13.7. The number of aliphatic hydroxyl groups is 1. The Bertz CT molecular complexity index is 650. The zero-order valence-corrected chi connectivity index (χ0v) is 12.2. The summed E-state index contributed by atoms with van der Waals surface area (Å²) in [5.74, 6) is 0. The third-order valence-electron chi connectivity index (χ3n) is 4.11. The van der Waals surface area contributed by atoms with E-state index in [2.05, 4.69) is 16.4 Å². The molecule has 0 fully saturated rings. The summed E-state index contributed by atoms with van der Waals surface area (Å²) in [4.78, 5) is 17.4. The van der Waals surface area contributed by atoms with Crippen molar-refractivity contribution in [1.29, 1.82) is 0 Å².